The Kier molecular flexibility index (Phi) is 6.39. The highest BCUT2D eigenvalue weighted by Gasteiger charge is 2.24. The second kappa shape index (κ2) is 7.80. The first-order valence-corrected chi connectivity index (χ1v) is 7.01. The van der Waals surface area contributed by atoms with Crippen molar-refractivity contribution in [3.63, 3.8) is 0 Å². The summed E-state index contributed by atoms with van der Waals surface area (Å²) in [5, 5.41) is 5.73. The standard InChI is InChI=1S/C16H24N2O2/c1-11(2)15(19)14(18-16(20)12(3)17-4)10-13-8-6-5-7-9-13/h5-9,11-12,14,17H,10H2,1-4H3,(H,18,20)/t12-,14-/m0/s1. The molecule has 1 aromatic carbocycles. The molecule has 4 heteroatoms. The molecule has 0 unspecified atom stereocenters. The Balaban J connectivity index is 2.81. The van der Waals surface area contributed by atoms with Gasteiger partial charge in [-0.2, -0.15) is 0 Å². The Bertz CT molecular complexity index is 443. The molecule has 0 aliphatic rings. The van der Waals surface area contributed by atoms with Gasteiger partial charge in [-0.15, -0.1) is 0 Å². The van der Waals surface area contributed by atoms with E-state index in [0.717, 1.165) is 5.56 Å². The van der Waals surface area contributed by atoms with Crippen LogP contribution in [0.5, 0.6) is 0 Å². The molecule has 0 bridgehead atoms. The molecule has 2 atom stereocenters. The predicted octanol–water partition coefficient (Wildman–Crippen LogP) is 1.55. The van der Waals surface area contributed by atoms with Gasteiger partial charge in [0.05, 0.1) is 12.1 Å². The summed E-state index contributed by atoms with van der Waals surface area (Å²) in [5.74, 6) is -0.193. The second-order valence-electron chi connectivity index (χ2n) is 5.32. The molecule has 1 rings (SSSR count). The fraction of sp³-hybridized carbons (Fsp3) is 0.500. The molecule has 1 aromatic rings. The average Bonchev–Trinajstić information content (AvgIpc) is 2.45. The summed E-state index contributed by atoms with van der Waals surface area (Å²) in [6, 6.07) is 8.95. The maximum Gasteiger partial charge on any atom is 0.237 e. The van der Waals surface area contributed by atoms with Crippen LogP contribution in [0.25, 0.3) is 0 Å². The Morgan fingerprint density at radius 1 is 1.10 bits per heavy atom. The second-order valence-corrected chi connectivity index (χ2v) is 5.32. The molecule has 2 N–H and O–H groups in total. The van der Waals surface area contributed by atoms with Crippen LogP contribution >= 0.6 is 0 Å². The Hall–Kier alpha value is -1.68. The van der Waals surface area contributed by atoms with Crippen molar-refractivity contribution in [1.82, 2.24) is 10.6 Å². The highest BCUT2D eigenvalue weighted by molar-refractivity contribution is 5.91. The van der Waals surface area contributed by atoms with Crippen LogP contribution < -0.4 is 10.6 Å². The summed E-state index contributed by atoms with van der Waals surface area (Å²) in [5.41, 5.74) is 1.05. The third-order valence-corrected chi connectivity index (χ3v) is 3.34. The Labute approximate surface area is 121 Å². The quantitative estimate of drug-likeness (QED) is 0.794. The van der Waals surface area contributed by atoms with Gasteiger partial charge in [0, 0.05) is 5.92 Å². The van der Waals surface area contributed by atoms with E-state index in [4.69, 9.17) is 0 Å². The van der Waals surface area contributed by atoms with Crippen LogP contribution in [0.2, 0.25) is 0 Å². The lowest BCUT2D eigenvalue weighted by Crippen LogP contribution is -2.50. The normalized spacial score (nSPS) is 13.8. The van der Waals surface area contributed by atoms with Crippen LogP contribution in [-0.2, 0) is 16.0 Å². The average molecular weight is 276 g/mol. The van der Waals surface area contributed by atoms with E-state index in [0.29, 0.717) is 6.42 Å². The molecule has 0 aromatic heterocycles. The summed E-state index contributed by atoms with van der Waals surface area (Å²) in [6.07, 6.45) is 0.528. The van der Waals surface area contributed by atoms with Gasteiger partial charge in [0.25, 0.3) is 0 Å². The van der Waals surface area contributed by atoms with E-state index in [1.165, 1.54) is 0 Å². The van der Waals surface area contributed by atoms with Gasteiger partial charge in [-0.3, -0.25) is 9.59 Å². The lowest BCUT2D eigenvalue weighted by Gasteiger charge is -2.21. The molecule has 20 heavy (non-hydrogen) atoms. The van der Waals surface area contributed by atoms with Gasteiger partial charge >= 0.3 is 0 Å². The molecule has 1 amide bonds. The van der Waals surface area contributed by atoms with E-state index in [1.54, 1.807) is 14.0 Å². The zero-order valence-corrected chi connectivity index (χ0v) is 12.6. The van der Waals surface area contributed by atoms with Crippen LogP contribution in [0.3, 0.4) is 0 Å². The van der Waals surface area contributed by atoms with Crippen molar-refractivity contribution >= 4 is 11.7 Å². The molecular weight excluding hydrogens is 252 g/mol. The van der Waals surface area contributed by atoms with Gasteiger partial charge in [0.2, 0.25) is 5.91 Å². The molecule has 110 valence electrons. The van der Waals surface area contributed by atoms with Crippen molar-refractivity contribution in [3.8, 4) is 0 Å². The molecule has 0 spiro atoms. The monoisotopic (exact) mass is 276 g/mol. The van der Waals surface area contributed by atoms with Crippen LogP contribution in [0.1, 0.15) is 26.3 Å². The number of rotatable bonds is 7. The largest absolute Gasteiger partial charge is 0.345 e. The van der Waals surface area contributed by atoms with E-state index in [-0.39, 0.29) is 23.7 Å². The fourth-order valence-electron chi connectivity index (χ4n) is 1.90. The zero-order valence-electron chi connectivity index (χ0n) is 12.6. The van der Waals surface area contributed by atoms with E-state index in [2.05, 4.69) is 10.6 Å². The van der Waals surface area contributed by atoms with Gasteiger partial charge in [-0.05, 0) is 26.0 Å². The van der Waals surface area contributed by atoms with Crippen LogP contribution in [0.15, 0.2) is 30.3 Å². The first-order valence-electron chi connectivity index (χ1n) is 7.01. The van der Waals surface area contributed by atoms with Crippen molar-refractivity contribution in [2.24, 2.45) is 5.92 Å². The molecule has 0 aliphatic carbocycles. The molecular formula is C16H24N2O2. The van der Waals surface area contributed by atoms with Gasteiger partial charge < -0.3 is 10.6 Å². The molecule has 4 nitrogen and oxygen atoms in total. The maximum absolute atomic E-state index is 12.3. The highest BCUT2D eigenvalue weighted by atomic mass is 16.2. The lowest BCUT2D eigenvalue weighted by atomic mass is 9.95. The number of amides is 1. The zero-order chi connectivity index (χ0) is 15.1. The molecule has 0 saturated carbocycles. The van der Waals surface area contributed by atoms with Crippen LogP contribution in [-0.4, -0.2) is 30.8 Å². The summed E-state index contributed by atoms with van der Waals surface area (Å²) in [4.78, 5) is 24.2. The van der Waals surface area contributed by atoms with Gasteiger partial charge in [-0.1, -0.05) is 44.2 Å². The SMILES string of the molecule is CN[C@@H](C)C(=O)N[C@@H](Cc1ccccc1)C(=O)C(C)C. The van der Waals surface area contributed by atoms with E-state index in [1.807, 2.05) is 44.2 Å². The van der Waals surface area contributed by atoms with Crippen LogP contribution in [0.4, 0.5) is 0 Å². The number of nitrogens with one attached hydrogen (secondary N) is 2. The minimum atomic E-state index is -0.472. The summed E-state index contributed by atoms with van der Waals surface area (Å²) in [6.45, 7) is 5.48. The minimum absolute atomic E-state index is 0.0607. The smallest absolute Gasteiger partial charge is 0.237 e. The third kappa shape index (κ3) is 4.78. The molecule has 0 aliphatic heterocycles. The third-order valence-electron chi connectivity index (χ3n) is 3.34. The summed E-state index contributed by atoms with van der Waals surface area (Å²) < 4.78 is 0. The molecule has 0 radical (unpaired) electrons. The number of likely N-dealkylation sites (N-methyl/N-ethyl adjacent to an activating group) is 1. The van der Waals surface area contributed by atoms with Crippen molar-refractivity contribution in [3.05, 3.63) is 35.9 Å². The minimum Gasteiger partial charge on any atom is -0.345 e. The highest BCUT2D eigenvalue weighted by Crippen LogP contribution is 2.08. The number of hydrogen-bond acceptors (Lipinski definition) is 3. The molecule has 0 fully saturated rings. The fourth-order valence-corrected chi connectivity index (χ4v) is 1.90. The first kappa shape index (κ1) is 16.4. The number of carbonyl (C=O) groups is 2. The first-order chi connectivity index (χ1) is 9.45. The van der Waals surface area contributed by atoms with E-state index in [9.17, 15) is 9.59 Å². The van der Waals surface area contributed by atoms with Gasteiger partial charge in [0.15, 0.2) is 5.78 Å². The Morgan fingerprint density at radius 3 is 2.20 bits per heavy atom. The number of benzene rings is 1. The van der Waals surface area contributed by atoms with Gasteiger partial charge in [0.1, 0.15) is 0 Å². The maximum atomic E-state index is 12.3. The van der Waals surface area contributed by atoms with Crippen molar-refractivity contribution in [1.29, 1.82) is 0 Å². The van der Waals surface area contributed by atoms with Gasteiger partial charge in [-0.25, -0.2) is 0 Å². The molecule has 0 saturated heterocycles. The van der Waals surface area contributed by atoms with E-state index >= 15 is 0 Å². The van der Waals surface area contributed by atoms with Crippen LogP contribution in [0, 0.1) is 5.92 Å². The lowest BCUT2D eigenvalue weighted by molar-refractivity contribution is -0.130. The van der Waals surface area contributed by atoms with Crippen molar-refractivity contribution in [2.45, 2.75) is 39.3 Å². The number of ketones is 1. The van der Waals surface area contributed by atoms with E-state index < -0.39 is 6.04 Å². The number of hydrogen-bond donors (Lipinski definition) is 2. The molecule has 0 heterocycles. The van der Waals surface area contributed by atoms with Crippen molar-refractivity contribution in [2.75, 3.05) is 7.05 Å². The Morgan fingerprint density at radius 2 is 1.70 bits per heavy atom. The predicted molar refractivity (Wildman–Crippen MR) is 80.4 cm³/mol. The van der Waals surface area contributed by atoms with Crippen molar-refractivity contribution < 1.29 is 9.59 Å². The summed E-state index contributed by atoms with van der Waals surface area (Å²) >= 11 is 0. The number of Topliss-reactive ketones (excluding diaryl/α,β-unsaturated/α-hetero) is 1. The number of carbonyl (C=O) groups excluding carboxylic acids is 2. The summed E-state index contributed by atoms with van der Waals surface area (Å²) in [7, 11) is 1.72. The topological polar surface area (TPSA) is 58.2 Å².